The maximum Gasteiger partial charge on any atom is 0.416 e. The molecular formula is C19H22F3N3O3S. The second-order valence-electron chi connectivity index (χ2n) is 6.51. The van der Waals surface area contributed by atoms with E-state index in [1.165, 1.54) is 36.4 Å². The molecule has 2 aromatic rings. The van der Waals surface area contributed by atoms with Gasteiger partial charge in [-0.2, -0.15) is 13.2 Å². The van der Waals surface area contributed by atoms with Crippen LogP contribution < -0.4 is 15.8 Å². The van der Waals surface area contributed by atoms with Gasteiger partial charge < -0.3 is 11.1 Å². The Labute approximate surface area is 167 Å². The molecule has 0 bridgehead atoms. The van der Waals surface area contributed by atoms with Crippen LogP contribution in [0, 0.1) is 5.92 Å². The first kappa shape index (κ1) is 22.9. The van der Waals surface area contributed by atoms with Crippen LogP contribution in [-0.4, -0.2) is 27.4 Å². The third kappa shape index (κ3) is 6.55. The number of alkyl halides is 3. The Morgan fingerprint density at radius 3 is 2.48 bits per heavy atom. The summed E-state index contributed by atoms with van der Waals surface area (Å²) in [7, 11) is -3.76. The van der Waals surface area contributed by atoms with Gasteiger partial charge in [0.25, 0.3) is 0 Å². The number of rotatable bonds is 8. The monoisotopic (exact) mass is 429 g/mol. The third-order valence-electron chi connectivity index (χ3n) is 4.09. The van der Waals surface area contributed by atoms with Gasteiger partial charge in [0.1, 0.15) is 0 Å². The van der Waals surface area contributed by atoms with E-state index in [0.717, 1.165) is 12.1 Å². The highest BCUT2D eigenvalue weighted by Crippen LogP contribution is 2.30. The maximum atomic E-state index is 12.8. The lowest BCUT2D eigenvalue weighted by Crippen LogP contribution is -2.29. The zero-order valence-corrected chi connectivity index (χ0v) is 16.5. The lowest BCUT2D eigenvalue weighted by atomic mass is 9.98. The van der Waals surface area contributed by atoms with Gasteiger partial charge >= 0.3 is 6.18 Å². The maximum absolute atomic E-state index is 12.8. The van der Waals surface area contributed by atoms with Gasteiger partial charge in [0.15, 0.2) is 0 Å². The first-order chi connectivity index (χ1) is 13.5. The van der Waals surface area contributed by atoms with Crippen molar-refractivity contribution in [3.8, 4) is 0 Å². The number of benzene rings is 2. The molecule has 4 N–H and O–H groups in total. The van der Waals surface area contributed by atoms with E-state index in [1.807, 2.05) is 0 Å². The number of anilines is 1. The summed E-state index contributed by atoms with van der Waals surface area (Å²) in [5, 5.41) is 2.60. The molecule has 0 aromatic heterocycles. The van der Waals surface area contributed by atoms with E-state index in [2.05, 4.69) is 10.0 Å². The van der Waals surface area contributed by atoms with Crippen LogP contribution >= 0.6 is 0 Å². The van der Waals surface area contributed by atoms with E-state index in [4.69, 9.17) is 5.73 Å². The van der Waals surface area contributed by atoms with Crippen molar-refractivity contribution in [2.45, 2.75) is 24.4 Å². The van der Waals surface area contributed by atoms with Crippen LogP contribution in [0.15, 0.2) is 53.4 Å². The summed E-state index contributed by atoms with van der Waals surface area (Å²) in [5.41, 5.74) is 5.16. The average molecular weight is 429 g/mol. The summed E-state index contributed by atoms with van der Waals surface area (Å²) in [6, 6.07) is 10.5. The number of nitrogens with one attached hydrogen (secondary N) is 2. The van der Waals surface area contributed by atoms with Crippen LogP contribution in [0.2, 0.25) is 0 Å². The molecule has 0 aliphatic carbocycles. The second-order valence-corrected chi connectivity index (χ2v) is 8.27. The Morgan fingerprint density at radius 1 is 1.14 bits per heavy atom. The molecule has 1 unspecified atom stereocenters. The molecule has 1 amide bonds. The zero-order chi connectivity index (χ0) is 21.7. The molecule has 0 saturated heterocycles. The molecule has 0 aliphatic rings. The predicted molar refractivity (Wildman–Crippen MR) is 104 cm³/mol. The van der Waals surface area contributed by atoms with E-state index >= 15 is 0 Å². The minimum absolute atomic E-state index is 0.0331. The lowest BCUT2D eigenvalue weighted by molar-refractivity contribution is -0.137. The van der Waals surface area contributed by atoms with Gasteiger partial charge in [0, 0.05) is 24.7 Å². The highest BCUT2D eigenvalue weighted by molar-refractivity contribution is 7.89. The first-order valence-electron chi connectivity index (χ1n) is 8.80. The smallest absolute Gasteiger partial charge is 0.329 e. The molecule has 29 heavy (non-hydrogen) atoms. The van der Waals surface area contributed by atoms with Gasteiger partial charge in [0.2, 0.25) is 15.9 Å². The van der Waals surface area contributed by atoms with Crippen molar-refractivity contribution >= 4 is 21.6 Å². The summed E-state index contributed by atoms with van der Waals surface area (Å²) in [6.07, 6.45) is -4.35. The summed E-state index contributed by atoms with van der Waals surface area (Å²) >= 11 is 0. The number of hydrogen-bond acceptors (Lipinski definition) is 4. The summed E-state index contributed by atoms with van der Waals surface area (Å²) in [4.78, 5) is 12.4. The molecule has 6 nitrogen and oxygen atoms in total. The van der Waals surface area contributed by atoms with Crippen molar-refractivity contribution in [1.29, 1.82) is 0 Å². The molecule has 0 saturated carbocycles. The summed E-state index contributed by atoms with van der Waals surface area (Å²) < 4.78 is 65.1. The fraction of sp³-hybridized carbons (Fsp3) is 0.316. The molecule has 158 valence electrons. The number of carbonyl (C=O) groups is 1. The minimum atomic E-state index is -4.45. The van der Waals surface area contributed by atoms with Crippen molar-refractivity contribution < 1.29 is 26.4 Å². The Hall–Kier alpha value is -2.43. The van der Waals surface area contributed by atoms with Gasteiger partial charge in [0.05, 0.1) is 10.5 Å². The SMILES string of the molecule is CC(Cc1cccc(C(F)(F)F)c1)C(=O)Nc1cccc(S(=O)(=O)NCCN)c1. The van der Waals surface area contributed by atoms with Gasteiger partial charge in [-0.25, -0.2) is 13.1 Å². The molecule has 0 spiro atoms. The van der Waals surface area contributed by atoms with Crippen LogP contribution in [0.5, 0.6) is 0 Å². The summed E-state index contributed by atoms with van der Waals surface area (Å²) in [5.74, 6) is -1.07. The van der Waals surface area contributed by atoms with Gasteiger partial charge in [-0.05, 0) is 36.2 Å². The van der Waals surface area contributed by atoms with E-state index < -0.39 is 33.6 Å². The van der Waals surface area contributed by atoms with E-state index in [1.54, 1.807) is 6.92 Å². The van der Waals surface area contributed by atoms with Crippen LogP contribution in [-0.2, 0) is 27.4 Å². The lowest BCUT2D eigenvalue weighted by Gasteiger charge is -2.14. The van der Waals surface area contributed by atoms with Crippen LogP contribution in [0.1, 0.15) is 18.1 Å². The summed E-state index contributed by atoms with van der Waals surface area (Å²) in [6.45, 7) is 1.80. The average Bonchev–Trinajstić information content (AvgIpc) is 2.66. The zero-order valence-electron chi connectivity index (χ0n) is 15.7. The van der Waals surface area contributed by atoms with Crippen molar-refractivity contribution in [3.05, 3.63) is 59.7 Å². The van der Waals surface area contributed by atoms with Crippen LogP contribution in [0.3, 0.4) is 0 Å². The number of hydrogen-bond donors (Lipinski definition) is 3. The van der Waals surface area contributed by atoms with Crippen LogP contribution in [0.4, 0.5) is 18.9 Å². The molecular weight excluding hydrogens is 407 g/mol. The predicted octanol–water partition coefficient (Wildman–Crippen LogP) is 2.76. The number of nitrogens with two attached hydrogens (primary N) is 1. The molecule has 1 atom stereocenters. The minimum Gasteiger partial charge on any atom is -0.329 e. The van der Waals surface area contributed by atoms with Crippen molar-refractivity contribution in [1.82, 2.24) is 4.72 Å². The van der Waals surface area contributed by atoms with Gasteiger partial charge in [-0.1, -0.05) is 31.2 Å². The van der Waals surface area contributed by atoms with Gasteiger partial charge in [-0.15, -0.1) is 0 Å². The fourth-order valence-corrected chi connectivity index (χ4v) is 3.70. The van der Waals surface area contributed by atoms with Crippen molar-refractivity contribution in [2.24, 2.45) is 11.7 Å². The highest BCUT2D eigenvalue weighted by atomic mass is 32.2. The molecule has 0 radical (unpaired) electrons. The standard InChI is InChI=1S/C19H22F3N3O3S/c1-13(10-14-4-2-5-15(11-14)19(20,21)22)18(26)25-16-6-3-7-17(12-16)29(27,28)24-9-8-23/h2-7,11-13,24H,8-10,23H2,1H3,(H,25,26). The normalized spacial score (nSPS) is 13.1. The Kier molecular flexibility index (Phi) is 7.39. The van der Waals surface area contributed by atoms with E-state index in [-0.39, 0.29) is 30.1 Å². The quantitative estimate of drug-likeness (QED) is 0.601. The molecule has 0 heterocycles. The highest BCUT2D eigenvalue weighted by Gasteiger charge is 2.30. The van der Waals surface area contributed by atoms with E-state index in [0.29, 0.717) is 5.56 Å². The number of carbonyl (C=O) groups excluding carboxylic acids is 1. The number of halogens is 3. The molecule has 0 aliphatic heterocycles. The molecule has 2 rings (SSSR count). The number of sulfonamides is 1. The van der Waals surface area contributed by atoms with Gasteiger partial charge in [-0.3, -0.25) is 4.79 Å². The third-order valence-corrected chi connectivity index (χ3v) is 5.55. The Balaban J connectivity index is 2.08. The topological polar surface area (TPSA) is 101 Å². The fourth-order valence-electron chi connectivity index (χ4n) is 2.60. The molecule has 2 aromatic carbocycles. The Bertz CT molecular complexity index is 962. The second kappa shape index (κ2) is 9.38. The number of amides is 1. The Morgan fingerprint density at radius 2 is 1.83 bits per heavy atom. The van der Waals surface area contributed by atoms with Crippen molar-refractivity contribution in [2.75, 3.05) is 18.4 Å². The largest absolute Gasteiger partial charge is 0.416 e. The molecule has 10 heteroatoms. The van der Waals surface area contributed by atoms with E-state index in [9.17, 15) is 26.4 Å². The van der Waals surface area contributed by atoms with Crippen molar-refractivity contribution in [3.63, 3.8) is 0 Å². The first-order valence-corrected chi connectivity index (χ1v) is 10.3. The molecule has 0 fully saturated rings. The van der Waals surface area contributed by atoms with Crippen LogP contribution in [0.25, 0.3) is 0 Å².